The Balaban J connectivity index is 1.50. The highest BCUT2D eigenvalue weighted by Gasteiger charge is 2.41. The minimum Gasteiger partial charge on any atom is -0.302 e. The van der Waals surface area contributed by atoms with E-state index in [1.165, 1.54) is 19.4 Å². The van der Waals surface area contributed by atoms with E-state index in [-0.39, 0.29) is 18.9 Å². The number of hydrogen-bond donors (Lipinski definition) is 0. The third kappa shape index (κ3) is 3.46. The summed E-state index contributed by atoms with van der Waals surface area (Å²) in [7, 11) is 2.21. The zero-order valence-corrected chi connectivity index (χ0v) is 12.0. The SMILES string of the molecule is CN(CC1CC1)[C@H]1CCN([C@H]2CCCC(F)(F)C2)C1. The molecule has 0 aromatic rings. The van der Waals surface area contributed by atoms with Gasteiger partial charge in [-0.15, -0.1) is 0 Å². The normalized spacial score (nSPS) is 36.0. The van der Waals surface area contributed by atoms with Gasteiger partial charge in [0.1, 0.15) is 0 Å². The smallest absolute Gasteiger partial charge is 0.249 e. The van der Waals surface area contributed by atoms with Gasteiger partial charge in [0, 0.05) is 44.6 Å². The standard InChI is InChI=1S/C15H26F2N2/c1-18(10-12-4-5-12)14-6-8-19(11-14)13-3-2-7-15(16,17)9-13/h12-14H,2-11H2,1H3/t13-,14-/m0/s1. The molecule has 2 nitrogen and oxygen atoms in total. The van der Waals surface area contributed by atoms with Gasteiger partial charge in [0.2, 0.25) is 5.92 Å². The summed E-state index contributed by atoms with van der Waals surface area (Å²) in [4.78, 5) is 4.81. The molecule has 1 aliphatic heterocycles. The Bertz CT molecular complexity index is 317. The molecule has 0 bridgehead atoms. The fourth-order valence-corrected chi connectivity index (χ4v) is 3.77. The predicted octanol–water partition coefficient (Wildman–Crippen LogP) is 2.98. The molecule has 0 spiro atoms. The minimum atomic E-state index is -2.42. The maximum atomic E-state index is 13.5. The summed E-state index contributed by atoms with van der Waals surface area (Å²) in [6, 6.07) is 0.722. The van der Waals surface area contributed by atoms with E-state index in [2.05, 4.69) is 16.8 Å². The second-order valence-corrected chi connectivity index (χ2v) is 6.93. The number of likely N-dealkylation sites (tertiary alicyclic amines) is 1. The molecular formula is C15H26F2N2. The van der Waals surface area contributed by atoms with Gasteiger partial charge in [-0.05, 0) is 45.1 Å². The molecule has 0 amide bonds. The van der Waals surface area contributed by atoms with E-state index in [9.17, 15) is 8.78 Å². The molecule has 1 saturated heterocycles. The summed E-state index contributed by atoms with van der Waals surface area (Å²) in [6.45, 7) is 3.23. The van der Waals surface area contributed by atoms with E-state index in [1.54, 1.807) is 0 Å². The largest absolute Gasteiger partial charge is 0.302 e. The van der Waals surface area contributed by atoms with Crippen molar-refractivity contribution in [1.82, 2.24) is 9.80 Å². The average Bonchev–Trinajstić information content (AvgIpc) is 3.02. The summed E-state index contributed by atoms with van der Waals surface area (Å²) >= 11 is 0. The van der Waals surface area contributed by atoms with Gasteiger partial charge in [0.05, 0.1) is 0 Å². The Morgan fingerprint density at radius 3 is 2.68 bits per heavy atom. The quantitative estimate of drug-likeness (QED) is 0.776. The van der Waals surface area contributed by atoms with Gasteiger partial charge in [-0.3, -0.25) is 4.90 Å². The number of likely N-dealkylation sites (N-methyl/N-ethyl adjacent to an activating group) is 1. The Labute approximate surface area is 115 Å². The molecule has 19 heavy (non-hydrogen) atoms. The van der Waals surface area contributed by atoms with Crippen LogP contribution in [0, 0.1) is 5.92 Å². The van der Waals surface area contributed by atoms with Crippen LogP contribution >= 0.6 is 0 Å². The number of nitrogens with zero attached hydrogens (tertiary/aromatic N) is 2. The van der Waals surface area contributed by atoms with Crippen molar-refractivity contribution in [2.45, 2.75) is 63.0 Å². The minimum absolute atomic E-state index is 0.0893. The van der Waals surface area contributed by atoms with Gasteiger partial charge >= 0.3 is 0 Å². The van der Waals surface area contributed by atoms with E-state index in [1.807, 2.05) is 0 Å². The van der Waals surface area contributed by atoms with Gasteiger partial charge in [-0.2, -0.15) is 0 Å². The summed E-state index contributed by atoms with van der Waals surface area (Å²) in [5.41, 5.74) is 0. The molecule has 3 fully saturated rings. The fourth-order valence-electron chi connectivity index (χ4n) is 3.77. The van der Waals surface area contributed by atoms with E-state index in [0.717, 1.165) is 31.8 Å². The molecule has 0 aromatic carbocycles. The van der Waals surface area contributed by atoms with Crippen LogP contribution in [0.1, 0.15) is 44.9 Å². The van der Waals surface area contributed by atoms with Crippen molar-refractivity contribution in [3.8, 4) is 0 Å². The zero-order chi connectivity index (χ0) is 13.5. The van der Waals surface area contributed by atoms with Gasteiger partial charge in [0.25, 0.3) is 0 Å². The monoisotopic (exact) mass is 272 g/mol. The number of hydrogen-bond acceptors (Lipinski definition) is 2. The first kappa shape index (κ1) is 13.7. The second kappa shape index (κ2) is 5.28. The topological polar surface area (TPSA) is 6.48 Å². The first-order valence-electron chi connectivity index (χ1n) is 7.86. The molecule has 2 saturated carbocycles. The molecule has 4 heteroatoms. The summed E-state index contributed by atoms with van der Waals surface area (Å²) in [5.74, 6) is -1.50. The first-order chi connectivity index (χ1) is 9.03. The molecule has 0 aromatic heterocycles. The number of halogens is 2. The Kier molecular flexibility index (Phi) is 3.82. The summed E-state index contributed by atoms with van der Waals surface area (Å²) in [6.07, 6.45) is 5.77. The third-order valence-electron chi connectivity index (χ3n) is 5.19. The lowest BCUT2D eigenvalue weighted by atomic mass is 9.91. The fraction of sp³-hybridized carbons (Fsp3) is 1.00. The lowest BCUT2D eigenvalue weighted by Crippen LogP contribution is -2.43. The van der Waals surface area contributed by atoms with Gasteiger partial charge in [-0.25, -0.2) is 8.78 Å². The maximum absolute atomic E-state index is 13.5. The lowest BCUT2D eigenvalue weighted by molar-refractivity contribution is -0.0611. The van der Waals surface area contributed by atoms with E-state index in [4.69, 9.17) is 0 Å². The Hall–Kier alpha value is -0.220. The average molecular weight is 272 g/mol. The van der Waals surface area contributed by atoms with Crippen molar-refractivity contribution in [2.24, 2.45) is 5.92 Å². The lowest BCUT2D eigenvalue weighted by Gasteiger charge is -2.35. The van der Waals surface area contributed by atoms with Crippen molar-refractivity contribution in [3.05, 3.63) is 0 Å². The Morgan fingerprint density at radius 1 is 1.21 bits per heavy atom. The molecule has 0 radical (unpaired) electrons. The number of alkyl halides is 2. The number of rotatable bonds is 4. The van der Waals surface area contributed by atoms with Crippen LogP contribution in [-0.4, -0.2) is 54.5 Å². The molecule has 3 rings (SSSR count). The van der Waals surface area contributed by atoms with Crippen LogP contribution in [0.4, 0.5) is 8.78 Å². The van der Waals surface area contributed by atoms with Gasteiger partial charge in [-0.1, -0.05) is 0 Å². The molecule has 0 N–H and O–H groups in total. The van der Waals surface area contributed by atoms with Crippen molar-refractivity contribution in [2.75, 3.05) is 26.7 Å². The highest BCUT2D eigenvalue weighted by molar-refractivity contribution is 4.91. The van der Waals surface area contributed by atoms with E-state index >= 15 is 0 Å². The van der Waals surface area contributed by atoms with Gasteiger partial charge in [0.15, 0.2) is 0 Å². The van der Waals surface area contributed by atoms with Crippen molar-refractivity contribution in [1.29, 1.82) is 0 Å². The molecule has 2 atom stereocenters. The first-order valence-corrected chi connectivity index (χ1v) is 7.86. The van der Waals surface area contributed by atoms with E-state index in [0.29, 0.717) is 12.5 Å². The van der Waals surface area contributed by atoms with Crippen molar-refractivity contribution < 1.29 is 8.78 Å². The predicted molar refractivity (Wildman–Crippen MR) is 72.5 cm³/mol. The van der Waals surface area contributed by atoms with Crippen LogP contribution in [0.15, 0.2) is 0 Å². The second-order valence-electron chi connectivity index (χ2n) is 6.93. The maximum Gasteiger partial charge on any atom is 0.249 e. The highest BCUT2D eigenvalue weighted by atomic mass is 19.3. The Morgan fingerprint density at radius 2 is 2.00 bits per heavy atom. The van der Waals surface area contributed by atoms with Crippen LogP contribution in [-0.2, 0) is 0 Å². The van der Waals surface area contributed by atoms with Crippen LogP contribution in [0.3, 0.4) is 0 Å². The van der Waals surface area contributed by atoms with Crippen LogP contribution in [0.5, 0.6) is 0 Å². The van der Waals surface area contributed by atoms with Crippen LogP contribution in [0.2, 0.25) is 0 Å². The highest BCUT2D eigenvalue weighted by Crippen LogP contribution is 2.37. The van der Waals surface area contributed by atoms with Crippen molar-refractivity contribution in [3.63, 3.8) is 0 Å². The summed E-state index contributed by atoms with van der Waals surface area (Å²) in [5, 5.41) is 0. The molecule has 1 heterocycles. The molecule has 0 unspecified atom stereocenters. The molecule has 2 aliphatic carbocycles. The van der Waals surface area contributed by atoms with E-state index < -0.39 is 5.92 Å². The zero-order valence-electron chi connectivity index (χ0n) is 12.0. The van der Waals surface area contributed by atoms with Crippen LogP contribution in [0.25, 0.3) is 0 Å². The molecule has 110 valence electrons. The van der Waals surface area contributed by atoms with Crippen molar-refractivity contribution >= 4 is 0 Å². The molecule has 3 aliphatic rings. The van der Waals surface area contributed by atoms with Gasteiger partial charge < -0.3 is 4.90 Å². The van der Waals surface area contributed by atoms with Crippen LogP contribution < -0.4 is 0 Å². The summed E-state index contributed by atoms with van der Waals surface area (Å²) < 4.78 is 27.0. The third-order valence-corrected chi connectivity index (χ3v) is 5.19. The molecular weight excluding hydrogens is 246 g/mol.